The van der Waals surface area contributed by atoms with Crippen LogP contribution in [0.3, 0.4) is 0 Å². The molecule has 2 rings (SSSR count). The van der Waals surface area contributed by atoms with Crippen molar-refractivity contribution in [1.29, 1.82) is 0 Å². The molecule has 14 heavy (non-hydrogen) atoms. The second kappa shape index (κ2) is 2.72. The van der Waals surface area contributed by atoms with Crippen LogP contribution in [-0.4, -0.2) is 23.7 Å². The monoisotopic (exact) mass is 197 g/mol. The molecule has 0 bridgehead atoms. The third-order valence-electron chi connectivity index (χ3n) is 3.84. The summed E-state index contributed by atoms with van der Waals surface area (Å²) < 4.78 is 0. The Morgan fingerprint density at radius 3 is 2.43 bits per heavy atom. The summed E-state index contributed by atoms with van der Waals surface area (Å²) in [4.78, 5) is 10.8. The summed E-state index contributed by atoms with van der Waals surface area (Å²) >= 11 is 0. The highest BCUT2D eigenvalue weighted by Gasteiger charge is 2.62. The molecule has 3 nitrogen and oxygen atoms in total. The first-order valence-corrected chi connectivity index (χ1v) is 5.31. The highest BCUT2D eigenvalue weighted by atomic mass is 16.4. The molecule has 2 N–H and O–H groups in total. The average Bonchev–Trinajstić information content (AvgIpc) is 2.52. The van der Waals surface area contributed by atoms with Crippen molar-refractivity contribution in [3.05, 3.63) is 0 Å². The van der Waals surface area contributed by atoms with E-state index in [9.17, 15) is 4.79 Å². The zero-order valence-corrected chi connectivity index (χ0v) is 9.13. The zero-order chi connectivity index (χ0) is 10.6. The third-order valence-corrected chi connectivity index (χ3v) is 3.84. The van der Waals surface area contributed by atoms with E-state index in [2.05, 4.69) is 26.1 Å². The van der Waals surface area contributed by atoms with Crippen LogP contribution in [0.5, 0.6) is 0 Å². The fourth-order valence-electron chi connectivity index (χ4n) is 3.05. The standard InChI is InChI=1S/C11H19NO2/c1-10(2,3)8-5-11(8)4-7(9(13)14)12-6-11/h7-8,12H,4-6H2,1-3H3,(H,13,14)/t7-,8+,11+/m0/s1. The lowest BCUT2D eigenvalue weighted by Gasteiger charge is -2.21. The maximum absolute atomic E-state index is 10.8. The van der Waals surface area contributed by atoms with Gasteiger partial charge in [-0.3, -0.25) is 4.79 Å². The molecule has 1 saturated heterocycles. The highest BCUT2D eigenvalue weighted by Crippen LogP contribution is 2.64. The summed E-state index contributed by atoms with van der Waals surface area (Å²) in [5.41, 5.74) is 0.635. The van der Waals surface area contributed by atoms with Gasteiger partial charge in [0.15, 0.2) is 0 Å². The van der Waals surface area contributed by atoms with Crippen molar-refractivity contribution in [3.8, 4) is 0 Å². The first kappa shape index (κ1) is 9.97. The van der Waals surface area contributed by atoms with Gasteiger partial charge in [0.1, 0.15) is 6.04 Å². The van der Waals surface area contributed by atoms with Gasteiger partial charge < -0.3 is 10.4 Å². The maximum Gasteiger partial charge on any atom is 0.320 e. The Kier molecular flexibility index (Phi) is 1.94. The summed E-state index contributed by atoms with van der Waals surface area (Å²) in [6, 6.07) is -0.303. The highest BCUT2D eigenvalue weighted by molar-refractivity contribution is 5.74. The molecule has 3 atom stereocenters. The Balaban J connectivity index is 2.01. The Hall–Kier alpha value is -0.570. The van der Waals surface area contributed by atoms with Crippen LogP contribution in [0.25, 0.3) is 0 Å². The maximum atomic E-state index is 10.8. The van der Waals surface area contributed by atoms with Gasteiger partial charge in [-0.05, 0) is 29.6 Å². The number of carbonyl (C=O) groups is 1. The van der Waals surface area contributed by atoms with Gasteiger partial charge in [0.25, 0.3) is 0 Å². The van der Waals surface area contributed by atoms with Crippen LogP contribution in [0.2, 0.25) is 0 Å². The smallest absolute Gasteiger partial charge is 0.320 e. The van der Waals surface area contributed by atoms with Crippen molar-refractivity contribution in [2.24, 2.45) is 16.7 Å². The van der Waals surface area contributed by atoms with Crippen LogP contribution < -0.4 is 5.32 Å². The van der Waals surface area contributed by atoms with Crippen molar-refractivity contribution in [2.75, 3.05) is 6.54 Å². The van der Waals surface area contributed by atoms with Gasteiger partial charge in [-0.2, -0.15) is 0 Å². The molecule has 0 unspecified atom stereocenters. The molecule has 80 valence electrons. The second-order valence-electron chi connectivity index (χ2n) is 5.96. The number of carboxylic acids is 1. The summed E-state index contributed by atoms with van der Waals surface area (Å²) in [6.45, 7) is 7.65. The molecular formula is C11H19NO2. The molecule has 1 heterocycles. The fraction of sp³-hybridized carbons (Fsp3) is 0.909. The molecule has 0 aromatic rings. The fourth-order valence-corrected chi connectivity index (χ4v) is 3.05. The van der Waals surface area contributed by atoms with Crippen LogP contribution in [0.15, 0.2) is 0 Å². The molecule has 0 aromatic heterocycles. The summed E-state index contributed by atoms with van der Waals surface area (Å²) in [5, 5.41) is 12.0. The quantitative estimate of drug-likeness (QED) is 0.669. The van der Waals surface area contributed by atoms with E-state index >= 15 is 0 Å². The Labute approximate surface area is 84.9 Å². The van der Waals surface area contributed by atoms with Crippen molar-refractivity contribution >= 4 is 5.97 Å². The van der Waals surface area contributed by atoms with Gasteiger partial charge in [0.05, 0.1) is 0 Å². The van der Waals surface area contributed by atoms with Gasteiger partial charge in [-0.25, -0.2) is 0 Å². The van der Waals surface area contributed by atoms with E-state index in [-0.39, 0.29) is 6.04 Å². The number of nitrogens with one attached hydrogen (secondary N) is 1. The second-order valence-corrected chi connectivity index (χ2v) is 5.96. The van der Waals surface area contributed by atoms with Crippen molar-refractivity contribution in [1.82, 2.24) is 5.32 Å². The molecular weight excluding hydrogens is 178 g/mol. The number of rotatable bonds is 1. The first-order chi connectivity index (χ1) is 6.35. The molecule has 3 heteroatoms. The Bertz CT molecular complexity index is 269. The van der Waals surface area contributed by atoms with Crippen molar-refractivity contribution in [3.63, 3.8) is 0 Å². The van der Waals surface area contributed by atoms with Gasteiger partial charge in [-0.1, -0.05) is 20.8 Å². The van der Waals surface area contributed by atoms with Crippen molar-refractivity contribution < 1.29 is 9.90 Å². The lowest BCUT2D eigenvalue weighted by atomic mass is 9.83. The summed E-state index contributed by atoms with van der Waals surface area (Å²) in [7, 11) is 0. The van der Waals surface area contributed by atoms with Crippen LogP contribution in [0.4, 0.5) is 0 Å². The van der Waals surface area contributed by atoms with Crippen LogP contribution in [0, 0.1) is 16.7 Å². The van der Waals surface area contributed by atoms with Gasteiger partial charge >= 0.3 is 5.97 Å². The van der Waals surface area contributed by atoms with E-state index in [1.807, 2.05) is 0 Å². The summed E-state index contributed by atoms with van der Waals surface area (Å²) in [6.07, 6.45) is 2.03. The molecule has 0 amide bonds. The van der Waals surface area contributed by atoms with E-state index in [0.717, 1.165) is 13.0 Å². The van der Waals surface area contributed by atoms with Gasteiger partial charge in [-0.15, -0.1) is 0 Å². The van der Waals surface area contributed by atoms with E-state index in [1.54, 1.807) is 0 Å². The minimum atomic E-state index is -0.693. The zero-order valence-electron chi connectivity index (χ0n) is 9.13. The predicted molar refractivity (Wildman–Crippen MR) is 54.0 cm³/mol. The van der Waals surface area contributed by atoms with Crippen LogP contribution >= 0.6 is 0 Å². The number of carboxylic acid groups (broad SMARTS) is 1. The minimum absolute atomic E-state index is 0.303. The van der Waals surface area contributed by atoms with Gasteiger partial charge in [0.2, 0.25) is 0 Å². The Morgan fingerprint density at radius 2 is 2.07 bits per heavy atom. The number of hydrogen-bond donors (Lipinski definition) is 2. The average molecular weight is 197 g/mol. The van der Waals surface area contributed by atoms with Crippen LogP contribution in [-0.2, 0) is 4.79 Å². The lowest BCUT2D eigenvalue weighted by Crippen LogP contribution is -2.29. The molecule has 2 fully saturated rings. The normalized spacial score (nSPS) is 41.6. The molecule has 0 aromatic carbocycles. The molecule has 0 radical (unpaired) electrons. The van der Waals surface area contributed by atoms with E-state index < -0.39 is 5.97 Å². The van der Waals surface area contributed by atoms with Crippen molar-refractivity contribution in [2.45, 2.75) is 39.7 Å². The molecule has 2 aliphatic rings. The first-order valence-electron chi connectivity index (χ1n) is 5.31. The van der Waals surface area contributed by atoms with E-state index in [0.29, 0.717) is 16.7 Å². The molecule has 1 aliphatic carbocycles. The predicted octanol–water partition coefficient (Wildman–Crippen LogP) is 1.49. The number of hydrogen-bond acceptors (Lipinski definition) is 2. The van der Waals surface area contributed by atoms with E-state index in [4.69, 9.17) is 5.11 Å². The lowest BCUT2D eigenvalue weighted by molar-refractivity contribution is -0.139. The van der Waals surface area contributed by atoms with Crippen LogP contribution in [0.1, 0.15) is 33.6 Å². The topological polar surface area (TPSA) is 49.3 Å². The molecule has 1 aliphatic heterocycles. The Morgan fingerprint density at radius 1 is 1.43 bits per heavy atom. The molecule has 1 saturated carbocycles. The van der Waals surface area contributed by atoms with Gasteiger partial charge in [0, 0.05) is 6.54 Å². The largest absolute Gasteiger partial charge is 0.480 e. The SMILES string of the molecule is CC(C)(C)[C@H]1C[C@]12CN[C@H](C(=O)O)C2. The van der Waals surface area contributed by atoms with E-state index in [1.165, 1.54) is 6.42 Å². The number of aliphatic carboxylic acids is 1. The third kappa shape index (κ3) is 1.44. The molecule has 1 spiro atoms. The minimum Gasteiger partial charge on any atom is -0.480 e. The summed E-state index contributed by atoms with van der Waals surface area (Å²) in [5.74, 6) is 0.00767.